The van der Waals surface area contributed by atoms with E-state index >= 15 is 0 Å². The summed E-state index contributed by atoms with van der Waals surface area (Å²) in [5, 5.41) is 7.65. The standard InChI is InChI=1S/C19H16ClN3O2S2/c1-12(18(24)23-17-8-7-13(20)11-21-17)27-15-5-2-4-14(10-15)22-19(25)16-6-3-9-26-16/h2-12H,1H3,(H,22,25)(H,21,23,24). The Bertz CT molecular complexity index is 930. The third kappa shape index (κ3) is 5.56. The van der Waals surface area contributed by atoms with Crippen molar-refractivity contribution >= 4 is 58.0 Å². The smallest absolute Gasteiger partial charge is 0.265 e. The molecular formula is C19H16ClN3O2S2. The van der Waals surface area contributed by atoms with E-state index in [0.29, 0.717) is 21.4 Å². The molecule has 3 rings (SSSR count). The van der Waals surface area contributed by atoms with Crippen LogP contribution in [0.2, 0.25) is 5.02 Å². The average molecular weight is 418 g/mol. The third-order valence-electron chi connectivity index (χ3n) is 3.50. The quantitative estimate of drug-likeness (QED) is 0.543. The largest absolute Gasteiger partial charge is 0.321 e. The Morgan fingerprint density at radius 2 is 2.00 bits per heavy atom. The van der Waals surface area contributed by atoms with E-state index in [1.165, 1.54) is 29.3 Å². The molecule has 1 unspecified atom stereocenters. The molecule has 3 aromatic rings. The lowest BCUT2D eigenvalue weighted by molar-refractivity contribution is -0.115. The van der Waals surface area contributed by atoms with Crippen molar-refractivity contribution in [2.75, 3.05) is 10.6 Å². The number of aromatic nitrogens is 1. The molecule has 2 heterocycles. The van der Waals surface area contributed by atoms with Gasteiger partial charge < -0.3 is 10.6 Å². The van der Waals surface area contributed by atoms with Gasteiger partial charge in [-0.2, -0.15) is 0 Å². The van der Waals surface area contributed by atoms with Crippen molar-refractivity contribution < 1.29 is 9.59 Å². The molecule has 27 heavy (non-hydrogen) atoms. The Hall–Kier alpha value is -2.35. The van der Waals surface area contributed by atoms with E-state index in [9.17, 15) is 9.59 Å². The van der Waals surface area contributed by atoms with E-state index in [1.54, 1.807) is 18.2 Å². The second-order valence-corrected chi connectivity index (χ2v) is 8.37. The molecule has 0 fully saturated rings. The number of thiophene rings is 1. The number of thioether (sulfide) groups is 1. The number of nitrogens with zero attached hydrogens (tertiary/aromatic N) is 1. The first-order valence-electron chi connectivity index (χ1n) is 8.05. The van der Waals surface area contributed by atoms with E-state index in [1.807, 2.05) is 42.6 Å². The lowest BCUT2D eigenvalue weighted by atomic mass is 10.3. The summed E-state index contributed by atoms with van der Waals surface area (Å²) < 4.78 is 0. The van der Waals surface area contributed by atoms with Crippen LogP contribution in [0.5, 0.6) is 0 Å². The molecular weight excluding hydrogens is 402 g/mol. The first-order valence-corrected chi connectivity index (χ1v) is 10.2. The Kier molecular flexibility index (Phi) is 6.49. The summed E-state index contributed by atoms with van der Waals surface area (Å²) in [7, 11) is 0. The van der Waals surface area contributed by atoms with Crippen molar-refractivity contribution in [3.05, 3.63) is 70.0 Å². The lowest BCUT2D eigenvalue weighted by Gasteiger charge is -2.12. The number of carbonyl (C=O) groups is 2. The van der Waals surface area contributed by atoms with Gasteiger partial charge in [0.2, 0.25) is 5.91 Å². The highest BCUT2D eigenvalue weighted by molar-refractivity contribution is 8.00. The van der Waals surface area contributed by atoms with Gasteiger partial charge in [0.25, 0.3) is 5.91 Å². The fourth-order valence-corrected chi connectivity index (χ4v) is 3.84. The molecule has 0 bridgehead atoms. The zero-order valence-corrected chi connectivity index (χ0v) is 16.7. The van der Waals surface area contributed by atoms with Gasteiger partial charge in [-0.1, -0.05) is 23.7 Å². The van der Waals surface area contributed by atoms with Crippen LogP contribution in [0.3, 0.4) is 0 Å². The van der Waals surface area contributed by atoms with E-state index < -0.39 is 0 Å². The summed E-state index contributed by atoms with van der Waals surface area (Å²) in [6.45, 7) is 1.81. The molecule has 5 nitrogen and oxygen atoms in total. The van der Waals surface area contributed by atoms with Crippen LogP contribution >= 0.6 is 34.7 Å². The topological polar surface area (TPSA) is 71.1 Å². The Morgan fingerprint density at radius 1 is 1.15 bits per heavy atom. The summed E-state index contributed by atoms with van der Waals surface area (Å²) in [4.78, 5) is 30.1. The number of carbonyl (C=O) groups excluding carboxylic acids is 2. The number of amides is 2. The van der Waals surface area contributed by atoms with Gasteiger partial charge in [0.15, 0.2) is 0 Å². The van der Waals surface area contributed by atoms with E-state index in [0.717, 1.165) is 4.90 Å². The van der Waals surface area contributed by atoms with Gasteiger partial charge in [-0.3, -0.25) is 9.59 Å². The molecule has 1 aromatic carbocycles. The Labute approximate surface area is 170 Å². The third-order valence-corrected chi connectivity index (χ3v) is 5.68. The van der Waals surface area contributed by atoms with Crippen molar-refractivity contribution in [1.29, 1.82) is 0 Å². The average Bonchev–Trinajstić information content (AvgIpc) is 3.19. The number of halogens is 1. The molecule has 0 saturated carbocycles. The van der Waals surface area contributed by atoms with Crippen molar-refractivity contribution in [3.8, 4) is 0 Å². The summed E-state index contributed by atoms with van der Waals surface area (Å²) in [5.74, 6) is 0.142. The van der Waals surface area contributed by atoms with E-state index in [-0.39, 0.29) is 17.1 Å². The van der Waals surface area contributed by atoms with Crippen LogP contribution in [0.15, 0.2) is 65.0 Å². The van der Waals surface area contributed by atoms with Crippen LogP contribution in [-0.2, 0) is 4.79 Å². The van der Waals surface area contributed by atoms with Crippen molar-refractivity contribution in [2.24, 2.45) is 0 Å². The van der Waals surface area contributed by atoms with Crippen molar-refractivity contribution in [1.82, 2.24) is 4.98 Å². The number of pyridine rings is 1. The number of nitrogens with one attached hydrogen (secondary N) is 2. The number of hydrogen-bond donors (Lipinski definition) is 2. The van der Waals surface area contributed by atoms with Gasteiger partial charge in [0.05, 0.1) is 15.1 Å². The summed E-state index contributed by atoms with van der Waals surface area (Å²) in [6.07, 6.45) is 1.48. The van der Waals surface area contributed by atoms with E-state index in [4.69, 9.17) is 11.6 Å². The molecule has 0 aliphatic carbocycles. The van der Waals surface area contributed by atoms with Gasteiger partial charge in [-0.05, 0) is 48.7 Å². The molecule has 8 heteroatoms. The Morgan fingerprint density at radius 3 is 2.70 bits per heavy atom. The zero-order chi connectivity index (χ0) is 19.2. The van der Waals surface area contributed by atoms with Gasteiger partial charge >= 0.3 is 0 Å². The highest BCUT2D eigenvalue weighted by atomic mass is 35.5. The molecule has 2 amide bonds. The van der Waals surface area contributed by atoms with Gasteiger partial charge in [-0.25, -0.2) is 4.98 Å². The Balaban J connectivity index is 1.60. The molecule has 2 aromatic heterocycles. The van der Waals surface area contributed by atoms with Gasteiger partial charge in [0.1, 0.15) is 5.82 Å². The van der Waals surface area contributed by atoms with E-state index in [2.05, 4.69) is 15.6 Å². The molecule has 0 spiro atoms. The molecule has 1 atom stereocenters. The van der Waals surface area contributed by atoms with Crippen LogP contribution in [0, 0.1) is 0 Å². The van der Waals surface area contributed by atoms with Gasteiger partial charge in [-0.15, -0.1) is 23.1 Å². The monoisotopic (exact) mass is 417 g/mol. The minimum atomic E-state index is -0.342. The minimum absolute atomic E-state index is 0.147. The maximum absolute atomic E-state index is 12.3. The van der Waals surface area contributed by atoms with Crippen molar-refractivity contribution in [3.63, 3.8) is 0 Å². The summed E-state index contributed by atoms with van der Waals surface area (Å²) in [5.41, 5.74) is 0.686. The molecule has 0 saturated heterocycles. The highest BCUT2D eigenvalue weighted by Gasteiger charge is 2.16. The van der Waals surface area contributed by atoms with Crippen LogP contribution in [0.1, 0.15) is 16.6 Å². The maximum Gasteiger partial charge on any atom is 0.265 e. The SMILES string of the molecule is CC(Sc1cccc(NC(=O)c2cccs2)c1)C(=O)Nc1ccc(Cl)cn1. The zero-order valence-electron chi connectivity index (χ0n) is 14.3. The van der Waals surface area contributed by atoms with Crippen LogP contribution < -0.4 is 10.6 Å². The fraction of sp³-hybridized carbons (Fsp3) is 0.105. The minimum Gasteiger partial charge on any atom is -0.321 e. The molecule has 0 aliphatic heterocycles. The van der Waals surface area contributed by atoms with Gasteiger partial charge in [0, 0.05) is 16.8 Å². The number of benzene rings is 1. The first-order chi connectivity index (χ1) is 13.0. The maximum atomic E-state index is 12.3. The lowest BCUT2D eigenvalue weighted by Crippen LogP contribution is -2.22. The summed E-state index contributed by atoms with van der Waals surface area (Å²) in [6, 6.07) is 14.3. The van der Waals surface area contributed by atoms with Crippen LogP contribution in [0.4, 0.5) is 11.5 Å². The highest BCUT2D eigenvalue weighted by Crippen LogP contribution is 2.27. The first kappa shape index (κ1) is 19.4. The normalized spacial score (nSPS) is 11.6. The summed E-state index contributed by atoms with van der Waals surface area (Å²) >= 11 is 8.58. The predicted molar refractivity (Wildman–Crippen MR) is 112 cm³/mol. The van der Waals surface area contributed by atoms with Crippen molar-refractivity contribution in [2.45, 2.75) is 17.1 Å². The molecule has 0 radical (unpaired) electrons. The molecule has 2 N–H and O–H groups in total. The number of anilines is 2. The second kappa shape index (κ2) is 9.03. The number of hydrogen-bond acceptors (Lipinski definition) is 5. The molecule has 138 valence electrons. The predicted octanol–water partition coefficient (Wildman–Crippen LogP) is 5.17. The molecule has 0 aliphatic rings. The second-order valence-electron chi connectivity index (χ2n) is 5.57. The van der Waals surface area contributed by atoms with Crippen LogP contribution in [-0.4, -0.2) is 22.0 Å². The number of rotatable bonds is 6. The fourth-order valence-electron chi connectivity index (χ4n) is 2.18. The van der Waals surface area contributed by atoms with Crippen LogP contribution in [0.25, 0.3) is 0 Å².